The number of aromatic nitrogens is 2. The molecule has 1 fully saturated rings. The number of carbonyl (C=O) groups is 1. The Morgan fingerprint density at radius 2 is 2.31 bits per heavy atom. The molecule has 1 amide bonds. The van der Waals surface area contributed by atoms with E-state index in [0.29, 0.717) is 13.2 Å². The van der Waals surface area contributed by atoms with Crippen molar-refractivity contribution in [2.75, 3.05) is 13.2 Å². The van der Waals surface area contributed by atoms with Crippen molar-refractivity contribution in [1.82, 2.24) is 15.3 Å². The van der Waals surface area contributed by atoms with Crippen LogP contribution in [-0.2, 0) is 9.63 Å². The van der Waals surface area contributed by atoms with Crippen LogP contribution in [-0.4, -0.2) is 34.3 Å². The van der Waals surface area contributed by atoms with Crippen molar-refractivity contribution in [3.05, 3.63) is 17.0 Å². The number of amides is 1. The lowest BCUT2D eigenvalue weighted by Gasteiger charge is -2.19. The summed E-state index contributed by atoms with van der Waals surface area (Å²) in [6.45, 7) is 7.08. The molecule has 16 heavy (non-hydrogen) atoms. The first-order chi connectivity index (χ1) is 7.61. The number of hydrogen-bond donors (Lipinski definition) is 1. The van der Waals surface area contributed by atoms with Gasteiger partial charge in [-0.15, -0.1) is 0 Å². The van der Waals surface area contributed by atoms with Crippen LogP contribution in [0.15, 0.2) is 0 Å². The number of aryl methyl sites for hydroxylation is 2. The summed E-state index contributed by atoms with van der Waals surface area (Å²) in [5.41, 5.74) is 2.83. The number of nitrogens with one attached hydrogen (secondary N) is 1. The van der Waals surface area contributed by atoms with Crippen molar-refractivity contribution >= 4 is 5.91 Å². The van der Waals surface area contributed by atoms with Crippen molar-refractivity contribution < 1.29 is 9.63 Å². The van der Waals surface area contributed by atoms with Crippen molar-refractivity contribution in [3.8, 4) is 0 Å². The SMILES string of the molecule is Cc1n[nH]c(C)c1[C@H](C)C(=O)N1CCCO1. The third kappa shape index (κ3) is 1.82. The van der Waals surface area contributed by atoms with Crippen LogP contribution in [0.4, 0.5) is 0 Å². The Labute approximate surface area is 94.7 Å². The summed E-state index contributed by atoms with van der Waals surface area (Å²) >= 11 is 0. The fraction of sp³-hybridized carbons (Fsp3) is 0.636. The van der Waals surface area contributed by atoms with Gasteiger partial charge in [0.05, 0.1) is 24.8 Å². The molecule has 2 heterocycles. The quantitative estimate of drug-likeness (QED) is 0.822. The van der Waals surface area contributed by atoms with E-state index < -0.39 is 0 Å². The van der Waals surface area contributed by atoms with Crippen LogP contribution in [0.5, 0.6) is 0 Å². The van der Waals surface area contributed by atoms with Crippen LogP contribution in [0, 0.1) is 13.8 Å². The average Bonchev–Trinajstić information content (AvgIpc) is 2.87. The van der Waals surface area contributed by atoms with Gasteiger partial charge < -0.3 is 0 Å². The number of aromatic amines is 1. The van der Waals surface area contributed by atoms with E-state index in [4.69, 9.17) is 4.84 Å². The Kier molecular flexibility index (Phi) is 2.96. The molecule has 5 heteroatoms. The molecule has 1 atom stereocenters. The number of rotatable bonds is 2. The number of nitrogens with zero attached hydrogens (tertiary/aromatic N) is 2. The third-order valence-electron chi connectivity index (χ3n) is 2.99. The zero-order valence-electron chi connectivity index (χ0n) is 9.91. The van der Waals surface area contributed by atoms with E-state index >= 15 is 0 Å². The summed E-state index contributed by atoms with van der Waals surface area (Å²) in [6.07, 6.45) is 0.918. The van der Waals surface area contributed by atoms with Crippen LogP contribution in [0.25, 0.3) is 0 Å². The van der Waals surface area contributed by atoms with Gasteiger partial charge in [0.2, 0.25) is 0 Å². The Hall–Kier alpha value is -1.36. The van der Waals surface area contributed by atoms with Crippen LogP contribution in [0.1, 0.15) is 36.2 Å². The van der Waals surface area contributed by atoms with E-state index in [1.165, 1.54) is 5.06 Å². The van der Waals surface area contributed by atoms with Gasteiger partial charge in [0.1, 0.15) is 0 Å². The standard InChI is InChI=1S/C11H17N3O2/c1-7(10-8(2)12-13-9(10)3)11(15)14-5-4-6-16-14/h7H,4-6H2,1-3H3,(H,12,13)/t7-/m0/s1. The Bertz CT molecular complexity index is 374. The van der Waals surface area contributed by atoms with Crippen molar-refractivity contribution in [2.45, 2.75) is 33.1 Å². The molecule has 0 bridgehead atoms. The Balaban J connectivity index is 2.18. The molecule has 0 radical (unpaired) electrons. The molecule has 1 aromatic heterocycles. The van der Waals surface area contributed by atoms with E-state index in [2.05, 4.69) is 10.2 Å². The topological polar surface area (TPSA) is 58.2 Å². The first-order valence-corrected chi connectivity index (χ1v) is 5.57. The molecule has 0 unspecified atom stereocenters. The Morgan fingerprint density at radius 3 is 2.81 bits per heavy atom. The molecule has 5 nitrogen and oxygen atoms in total. The highest BCUT2D eigenvalue weighted by molar-refractivity contribution is 5.83. The Morgan fingerprint density at radius 1 is 1.56 bits per heavy atom. The predicted molar refractivity (Wildman–Crippen MR) is 58.8 cm³/mol. The molecule has 1 N–H and O–H groups in total. The first-order valence-electron chi connectivity index (χ1n) is 5.57. The van der Waals surface area contributed by atoms with E-state index in [9.17, 15) is 4.79 Å². The number of hydrogen-bond acceptors (Lipinski definition) is 3. The number of H-pyrrole nitrogens is 1. The molecule has 88 valence electrons. The molecular weight excluding hydrogens is 206 g/mol. The average molecular weight is 223 g/mol. The molecule has 0 aromatic carbocycles. The zero-order valence-corrected chi connectivity index (χ0v) is 9.91. The fourth-order valence-corrected chi connectivity index (χ4v) is 2.16. The van der Waals surface area contributed by atoms with E-state index in [1.807, 2.05) is 20.8 Å². The van der Waals surface area contributed by atoms with E-state index in [0.717, 1.165) is 23.4 Å². The second kappa shape index (κ2) is 4.25. The van der Waals surface area contributed by atoms with Gasteiger partial charge in [-0.25, -0.2) is 5.06 Å². The molecule has 0 saturated carbocycles. The van der Waals surface area contributed by atoms with Gasteiger partial charge in [-0.3, -0.25) is 14.7 Å². The summed E-state index contributed by atoms with van der Waals surface area (Å²) in [5.74, 6) is -0.179. The minimum absolute atomic E-state index is 0.0186. The fourth-order valence-electron chi connectivity index (χ4n) is 2.16. The van der Waals surface area contributed by atoms with Crippen LogP contribution in [0.3, 0.4) is 0 Å². The molecule has 1 saturated heterocycles. The summed E-state index contributed by atoms with van der Waals surface area (Å²) in [4.78, 5) is 17.4. The molecule has 2 rings (SSSR count). The maximum absolute atomic E-state index is 12.1. The number of carbonyl (C=O) groups excluding carboxylic acids is 1. The lowest BCUT2D eigenvalue weighted by Crippen LogP contribution is -2.30. The normalized spacial score (nSPS) is 17.8. The summed E-state index contributed by atoms with van der Waals surface area (Å²) < 4.78 is 0. The maximum atomic E-state index is 12.1. The van der Waals surface area contributed by atoms with Crippen LogP contribution >= 0.6 is 0 Å². The van der Waals surface area contributed by atoms with Crippen LogP contribution < -0.4 is 0 Å². The van der Waals surface area contributed by atoms with Crippen LogP contribution in [0.2, 0.25) is 0 Å². The van der Waals surface area contributed by atoms with Gasteiger partial charge in [0.25, 0.3) is 5.91 Å². The van der Waals surface area contributed by atoms with Gasteiger partial charge in [-0.2, -0.15) is 5.10 Å². The van der Waals surface area contributed by atoms with Crippen molar-refractivity contribution in [2.24, 2.45) is 0 Å². The lowest BCUT2D eigenvalue weighted by molar-refractivity contribution is -0.170. The molecule has 0 spiro atoms. The monoisotopic (exact) mass is 223 g/mol. The van der Waals surface area contributed by atoms with E-state index in [-0.39, 0.29) is 11.8 Å². The molecule has 0 aliphatic carbocycles. The first kappa shape index (κ1) is 11.1. The smallest absolute Gasteiger partial charge is 0.253 e. The molecule has 1 aromatic rings. The third-order valence-corrected chi connectivity index (χ3v) is 2.99. The van der Waals surface area contributed by atoms with Gasteiger partial charge in [-0.05, 0) is 27.2 Å². The summed E-state index contributed by atoms with van der Waals surface area (Å²) in [6, 6.07) is 0. The van der Waals surface area contributed by atoms with Gasteiger partial charge in [-0.1, -0.05) is 0 Å². The minimum Gasteiger partial charge on any atom is -0.282 e. The summed E-state index contributed by atoms with van der Waals surface area (Å²) in [7, 11) is 0. The highest BCUT2D eigenvalue weighted by Gasteiger charge is 2.28. The summed E-state index contributed by atoms with van der Waals surface area (Å²) in [5, 5.41) is 8.48. The maximum Gasteiger partial charge on any atom is 0.253 e. The van der Waals surface area contributed by atoms with Crippen molar-refractivity contribution in [1.29, 1.82) is 0 Å². The predicted octanol–water partition coefficient (Wildman–Crippen LogP) is 1.29. The minimum atomic E-state index is -0.197. The lowest BCUT2D eigenvalue weighted by atomic mass is 9.98. The highest BCUT2D eigenvalue weighted by atomic mass is 16.7. The molecule has 1 aliphatic rings. The largest absolute Gasteiger partial charge is 0.282 e. The van der Waals surface area contributed by atoms with Gasteiger partial charge in [0, 0.05) is 11.3 Å². The molecule has 1 aliphatic heterocycles. The van der Waals surface area contributed by atoms with Gasteiger partial charge >= 0.3 is 0 Å². The van der Waals surface area contributed by atoms with Gasteiger partial charge in [0.15, 0.2) is 0 Å². The van der Waals surface area contributed by atoms with Crippen molar-refractivity contribution in [3.63, 3.8) is 0 Å². The zero-order chi connectivity index (χ0) is 11.7. The second-order valence-corrected chi connectivity index (χ2v) is 4.20. The number of hydroxylamine groups is 2. The highest BCUT2D eigenvalue weighted by Crippen LogP contribution is 2.24. The second-order valence-electron chi connectivity index (χ2n) is 4.20. The van der Waals surface area contributed by atoms with E-state index in [1.54, 1.807) is 0 Å². The molecular formula is C11H17N3O2.